The van der Waals surface area contributed by atoms with E-state index in [2.05, 4.69) is 32.9 Å². The third-order valence-electron chi connectivity index (χ3n) is 4.96. The Kier molecular flexibility index (Phi) is 9.29. The summed E-state index contributed by atoms with van der Waals surface area (Å²) in [6.45, 7) is 6.95. The maximum absolute atomic E-state index is 6.23. The van der Waals surface area contributed by atoms with Crippen molar-refractivity contribution in [3.05, 3.63) is 30.4 Å². The van der Waals surface area contributed by atoms with Crippen molar-refractivity contribution in [2.45, 2.75) is 94.7 Å². The van der Waals surface area contributed by atoms with E-state index in [4.69, 9.17) is 13.9 Å². The maximum atomic E-state index is 6.23. The normalized spacial score (nSPS) is 14.7. The van der Waals surface area contributed by atoms with Crippen LogP contribution in [0.1, 0.15) is 84.3 Å². The molecule has 4 heteroatoms. The summed E-state index contributed by atoms with van der Waals surface area (Å²) in [5.41, 5.74) is 0. The molecular weight excluding hydrogens is 419 g/mol. The van der Waals surface area contributed by atoms with Crippen molar-refractivity contribution in [2.24, 2.45) is 0 Å². The van der Waals surface area contributed by atoms with Crippen molar-refractivity contribution in [1.82, 2.24) is 0 Å². The molecule has 2 heterocycles. The van der Waals surface area contributed by atoms with Gasteiger partial charge in [-0.25, -0.2) is 0 Å². The van der Waals surface area contributed by atoms with E-state index >= 15 is 0 Å². The molecule has 2 radical (unpaired) electrons. The van der Waals surface area contributed by atoms with Crippen molar-refractivity contribution in [3.63, 3.8) is 0 Å². The second kappa shape index (κ2) is 11.2. The molecule has 25 heavy (non-hydrogen) atoms. The molecule has 0 bridgehead atoms. The van der Waals surface area contributed by atoms with Crippen LogP contribution in [0.15, 0.2) is 29.1 Å². The summed E-state index contributed by atoms with van der Waals surface area (Å²) in [6.07, 6.45) is 15.8. The number of rotatable bonds is 13. The van der Waals surface area contributed by atoms with Gasteiger partial charge in [-0.2, -0.15) is 0 Å². The molecule has 0 aliphatic carbocycles. The Hall–Kier alpha value is -0.581. The molecule has 0 saturated carbocycles. The molecule has 3 nitrogen and oxygen atoms in total. The van der Waals surface area contributed by atoms with Gasteiger partial charge in [0.15, 0.2) is 0 Å². The summed E-state index contributed by atoms with van der Waals surface area (Å²) in [5.74, 6) is 1.000. The Labute approximate surface area is 163 Å². The van der Waals surface area contributed by atoms with Crippen LogP contribution in [-0.2, 0) is 15.9 Å². The van der Waals surface area contributed by atoms with Crippen molar-refractivity contribution in [2.75, 3.05) is 0 Å². The number of ether oxygens (including phenoxy) is 2. The van der Waals surface area contributed by atoms with Crippen LogP contribution in [0.5, 0.6) is 0 Å². The fraction of sp³-hybridized carbons (Fsp3) is 0.714. The Morgan fingerprint density at radius 2 is 1.44 bits per heavy atom. The second-order valence-corrected chi connectivity index (χ2v) is 12.3. The van der Waals surface area contributed by atoms with Crippen LogP contribution in [-0.4, -0.2) is 27.4 Å². The molecule has 140 valence electrons. The van der Waals surface area contributed by atoms with Crippen molar-refractivity contribution in [1.29, 1.82) is 0 Å². The van der Waals surface area contributed by atoms with Crippen LogP contribution in [0, 0.1) is 0 Å². The minimum atomic E-state index is -0.777. The summed E-state index contributed by atoms with van der Waals surface area (Å²) in [4.78, 5) is 0. The molecule has 0 N–H and O–H groups in total. The summed E-state index contributed by atoms with van der Waals surface area (Å²) in [6, 6.07) is 4.37. The van der Waals surface area contributed by atoms with Crippen molar-refractivity contribution in [3.8, 4) is 0 Å². The third kappa shape index (κ3) is 6.91. The van der Waals surface area contributed by atoms with Gasteiger partial charge in [-0.05, 0) is 0 Å². The van der Waals surface area contributed by atoms with Gasteiger partial charge in [0.1, 0.15) is 0 Å². The molecule has 1 aliphatic heterocycles. The summed E-state index contributed by atoms with van der Waals surface area (Å²) in [5, 5.41) is 0. The van der Waals surface area contributed by atoms with E-state index in [1.807, 2.05) is 0 Å². The molecule has 0 fully saturated rings. The van der Waals surface area contributed by atoms with E-state index in [9.17, 15) is 0 Å². The first-order chi connectivity index (χ1) is 12.2. The Morgan fingerprint density at radius 3 is 1.96 bits per heavy atom. The van der Waals surface area contributed by atoms with E-state index in [0.29, 0.717) is 9.85 Å². The molecular formula is C21H34O3Sn. The molecule has 0 spiro atoms. The van der Waals surface area contributed by atoms with Gasteiger partial charge >= 0.3 is 164 Å². The fourth-order valence-corrected chi connectivity index (χ4v) is 8.53. The Morgan fingerprint density at radius 1 is 0.880 bits per heavy atom. The summed E-state index contributed by atoms with van der Waals surface area (Å²) >= 11 is -0.777. The summed E-state index contributed by atoms with van der Waals surface area (Å²) < 4.78 is 18.9. The summed E-state index contributed by atoms with van der Waals surface area (Å²) in [7, 11) is 0. The fourth-order valence-electron chi connectivity index (χ4n) is 3.46. The quantitative estimate of drug-likeness (QED) is 0.358. The van der Waals surface area contributed by atoms with Crippen LogP contribution < -0.4 is 3.78 Å². The molecule has 0 aromatic carbocycles. The number of hydrogen-bond acceptors (Lipinski definition) is 3. The molecule has 0 atom stereocenters. The van der Waals surface area contributed by atoms with Gasteiger partial charge in [-0.1, -0.05) is 0 Å². The van der Waals surface area contributed by atoms with Gasteiger partial charge in [-0.3, -0.25) is 0 Å². The second-order valence-electron chi connectivity index (χ2n) is 7.16. The zero-order valence-corrected chi connectivity index (χ0v) is 19.0. The van der Waals surface area contributed by atoms with E-state index in [1.54, 1.807) is 12.5 Å². The number of hydrogen-bond donors (Lipinski definition) is 0. The van der Waals surface area contributed by atoms with Crippen molar-refractivity contribution >= 4 is 24.9 Å². The molecule has 1 aromatic heterocycles. The Balaban J connectivity index is 2.03. The first-order valence-electron chi connectivity index (χ1n) is 10.0. The van der Waals surface area contributed by atoms with E-state index in [1.165, 1.54) is 61.6 Å². The van der Waals surface area contributed by atoms with E-state index in [0.717, 1.165) is 5.76 Å². The van der Waals surface area contributed by atoms with Crippen LogP contribution in [0.3, 0.4) is 0 Å². The average Bonchev–Trinajstić information content (AvgIpc) is 3.28. The van der Waals surface area contributed by atoms with Crippen LogP contribution in [0.2, 0.25) is 3.43 Å². The molecule has 0 saturated heterocycles. The van der Waals surface area contributed by atoms with Gasteiger partial charge in [0, 0.05) is 0 Å². The topological polar surface area (TPSA) is 31.6 Å². The van der Waals surface area contributed by atoms with Crippen LogP contribution in [0.4, 0.5) is 0 Å². The van der Waals surface area contributed by atoms with Gasteiger partial charge < -0.3 is 0 Å². The average molecular weight is 453 g/mol. The molecule has 0 unspecified atom stereocenters. The monoisotopic (exact) mass is 454 g/mol. The SMILES string of the molecule is CCCC[C](CCCC)(CCCC)[Sn][c]1ccc(CC2OC=CO2)o1. The third-order valence-corrected chi connectivity index (χ3v) is 10.1. The first-order valence-corrected chi connectivity index (χ1v) is 12.9. The molecule has 2 rings (SSSR count). The van der Waals surface area contributed by atoms with E-state index in [-0.39, 0.29) is 6.29 Å². The standard InChI is InChI=1S/C13H27.C8H7O3.Sn/c1-4-7-10-13(11-8-5-2)12-9-6-3;1-2-7(9-3-1)6-8-10-4-5-11-8;/h4-12H2,1-3H3;1-2,4-5,8H,6H2;. The van der Waals surface area contributed by atoms with E-state index < -0.39 is 21.1 Å². The van der Waals surface area contributed by atoms with Gasteiger partial charge in [0.25, 0.3) is 0 Å². The molecule has 1 aromatic rings. The van der Waals surface area contributed by atoms with Gasteiger partial charge in [-0.15, -0.1) is 0 Å². The predicted octanol–water partition coefficient (Wildman–Crippen LogP) is 5.73. The van der Waals surface area contributed by atoms with Crippen LogP contribution >= 0.6 is 0 Å². The van der Waals surface area contributed by atoms with Crippen LogP contribution in [0.25, 0.3) is 0 Å². The predicted molar refractivity (Wildman–Crippen MR) is 104 cm³/mol. The first kappa shape index (κ1) is 20.7. The Bertz CT molecular complexity index is 479. The number of unbranched alkanes of at least 4 members (excludes halogenated alkanes) is 3. The van der Waals surface area contributed by atoms with Crippen molar-refractivity contribution < 1.29 is 13.9 Å². The van der Waals surface area contributed by atoms with Gasteiger partial charge in [0.2, 0.25) is 0 Å². The molecule has 1 aliphatic rings. The zero-order valence-electron chi connectivity index (χ0n) is 16.2. The number of furan rings is 1. The minimum absolute atomic E-state index is 0.213. The zero-order chi connectivity index (χ0) is 18.0. The van der Waals surface area contributed by atoms with Gasteiger partial charge in [0.05, 0.1) is 0 Å². The molecule has 0 amide bonds.